The maximum absolute atomic E-state index is 12.1. The molecule has 0 bridgehead atoms. The summed E-state index contributed by atoms with van der Waals surface area (Å²) in [4.78, 5) is 16.3. The third kappa shape index (κ3) is 4.22. The van der Waals surface area contributed by atoms with Gasteiger partial charge in [0.05, 0.1) is 12.2 Å². The molecule has 2 N–H and O–H groups in total. The number of carbonyl (C=O) groups excluding carboxylic acids is 1. The van der Waals surface area contributed by atoms with Gasteiger partial charge in [0.25, 0.3) is 5.91 Å². The summed E-state index contributed by atoms with van der Waals surface area (Å²) in [7, 11) is 0. The molecule has 0 atom stereocenters. The number of aryl methyl sites for hydroxylation is 1. The van der Waals surface area contributed by atoms with Gasteiger partial charge in [0.2, 0.25) is 5.88 Å². The van der Waals surface area contributed by atoms with Crippen LogP contribution in [0.1, 0.15) is 34.3 Å². The van der Waals surface area contributed by atoms with Gasteiger partial charge in [0.15, 0.2) is 0 Å². The third-order valence-corrected chi connectivity index (χ3v) is 3.81. The number of benzene rings is 1. The predicted molar refractivity (Wildman–Crippen MR) is 86.5 cm³/mol. The molecule has 0 spiro atoms. The fourth-order valence-electron chi connectivity index (χ4n) is 2.20. The van der Waals surface area contributed by atoms with Gasteiger partial charge in [-0.2, -0.15) is 0 Å². The smallest absolute Gasteiger partial charge is 0.255 e. The first-order chi connectivity index (χ1) is 11.1. The van der Waals surface area contributed by atoms with Crippen molar-refractivity contribution in [3.8, 4) is 11.6 Å². The van der Waals surface area contributed by atoms with Crippen molar-refractivity contribution >= 4 is 5.91 Å². The summed E-state index contributed by atoms with van der Waals surface area (Å²) < 4.78 is 5.58. The molecular formula is C18H20N2O3. The van der Waals surface area contributed by atoms with Crippen LogP contribution in [-0.2, 0) is 6.54 Å². The standard InChI is InChI=1S/C18H20N2O3/c1-12-2-6-15(16(21)8-12)18(22)20-10-14-5-7-17(19-9-14)23-11-13-3-4-13/h2,5-9,13,21H,3-4,10-11H2,1H3,(H,20,22). The van der Waals surface area contributed by atoms with E-state index in [4.69, 9.17) is 4.74 Å². The Bertz CT molecular complexity index is 694. The van der Waals surface area contributed by atoms with Crippen LogP contribution in [0.5, 0.6) is 11.6 Å². The number of nitrogens with zero attached hydrogens (tertiary/aromatic N) is 1. The molecule has 0 radical (unpaired) electrons. The zero-order valence-corrected chi connectivity index (χ0v) is 13.1. The number of aromatic hydroxyl groups is 1. The number of phenols is 1. The van der Waals surface area contributed by atoms with Crippen molar-refractivity contribution in [1.82, 2.24) is 10.3 Å². The molecule has 1 aromatic carbocycles. The van der Waals surface area contributed by atoms with Crippen molar-refractivity contribution in [2.45, 2.75) is 26.3 Å². The normalized spacial score (nSPS) is 13.6. The summed E-state index contributed by atoms with van der Waals surface area (Å²) in [5.74, 6) is 0.988. The Morgan fingerprint density at radius 2 is 2.17 bits per heavy atom. The van der Waals surface area contributed by atoms with Gasteiger partial charge in [-0.25, -0.2) is 4.98 Å². The molecule has 23 heavy (non-hydrogen) atoms. The lowest BCUT2D eigenvalue weighted by atomic mass is 10.1. The van der Waals surface area contributed by atoms with Crippen molar-refractivity contribution in [2.24, 2.45) is 5.92 Å². The zero-order chi connectivity index (χ0) is 16.2. The molecule has 5 heteroatoms. The minimum absolute atomic E-state index is 0.00977. The summed E-state index contributed by atoms with van der Waals surface area (Å²) in [5.41, 5.74) is 2.06. The Kier molecular flexibility index (Phi) is 4.46. The van der Waals surface area contributed by atoms with Crippen LogP contribution in [0.4, 0.5) is 0 Å². The van der Waals surface area contributed by atoms with Gasteiger partial charge in [-0.15, -0.1) is 0 Å². The molecule has 0 unspecified atom stereocenters. The van der Waals surface area contributed by atoms with E-state index in [1.165, 1.54) is 12.8 Å². The lowest BCUT2D eigenvalue weighted by Gasteiger charge is -2.08. The molecule has 0 aliphatic heterocycles. The molecule has 1 heterocycles. The van der Waals surface area contributed by atoms with E-state index in [0.717, 1.165) is 17.7 Å². The Morgan fingerprint density at radius 3 is 2.83 bits per heavy atom. The van der Waals surface area contributed by atoms with Crippen LogP contribution in [0.3, 0.4) is 0 Å². The molecule has 1 amide bonds. The highest BCUT2D eigenvalue weighted by molar-refractivity contribution is 5.96. The maximum atomic E-state index is 12.1. The van der Waals surface area contributed by atoms with Crippen molar-refractivity contribution in [1.29, 1.82) is 0 Å². The Balaban J connectivity index is 1.53. The Labute approximate surface area is 135 Å². The molecule has 5 nitrogen and oxygen atoms in total. The first-order valence-electron chi connectivity index (χ1n) is 7.77. The number of phenolic OH excluding ortho intramolecular Hbond substituents is 1. The minimum atomic E-state index is -0.309. The number of ether oxygens (including phenoxy) is 1. The third-order valence-electron chi connectivity index (χ3n) is 3.81. The number of carbonyl (C=O) groups is 1. The molecule has 1 saturated carbocycles. The fraction of sp³-hybridized carbons (Fsp3) is 0.333. The first kappa shape index (κ1) is 15.3. The number of hydrogen-bond acceptors (Lipinski definition) is 4. The molecule has 1 fully saturated rings. The van der Waals surface area contributed by atoms with Gasteiger partial charge < -0.3 is 15.2 Å². The van der Waals surface area contributed by atoms with Gasteiger partial charge in [0.1, 0.15) is 5.75 Å². The van der Waals surface area contributed by atoms with E-state index in [1.54, 1.807) is 24.4 Å². The van der Waals surface area contributed by atoms with E-state index in [2.05, 4.69) is 10.3 Å². The number of nitrogens with one attached hydrogen (secondary N) is 1. The number of pyridine rings is 1. The highest BCUT2D eigenvalue weighted by Crippen LogP contribution is 2.29. The monoisotopic (exact) mass is 312 g/mol. The molecular weight excluding hydrogens is 292 g/mol. The average molecular weight is 312 g/mol. The second-order valence-electron chi connectivity index (χ2n) is 5.96. The van der Waals surface area contributed by atoms with E-state index in [-0.39, 0.29) is 17.2 Å². The molecule has 1 aliphatic rings. The maximum Gasteiger partial charge on any atom is 0.255 e. The minimum Gasteiger partial charge on any atom is -0.507 e. The summed E-state index contributed by atoms with van der Waals surface area (Å²) >= 11 is 0. The highest BCUT2D eigenvalue weighted by atomic mass is 16.5. The van der Waals surface area contributed by atoms with Crippen LogP contribution in [0.2, 0.25) is 0 Å². The van der Waals surface area contributed by atoms with Gasteiger partial charge in [-0.1, -0.05) is 12.1 Å². The van der Waals surface area contributed by atoms with Crippen molar-refractivity contribution in [2.75, 3.05) is 6.61 Å². The van der Waals surface area contributed by atoms with Crippen LogP contribution in [0.25, 0.3) is 0 Å². The molecule has 120 valence electrons. The second kappa shape index (κ2) is 6.69. The summed E-state index contributed by atoms with van der Waals surface area (Å²) in [6, 6.07) is 8.68. The largest absolute Gasteiger partial charge is 0.507 e. The second-order valence-corrected chi connectivity index (χ2v) is 5.96. The lowest BCUT2D eigenvalue weighted by Crippen LogP contribution is -2.23. The Hall–Kier alpha value is -2.56. The zero-order valence-electron chi connectivity index (χ0n) is 13.1. The van der Waals surface area contributed by atoms with Gasteiger partial charge in [0, 0.05) is 18.8 Å². The van der Waals surface area contributed by atoms with Crippen LogP contribution in [0.15, 0.2) is 36.5 Å². The van der Waals surface area contributed by atoms with E-state index >= 15 is 0 Å². The molecule has 1 aromatic heterocycles. The number of aromatic nitrogens is 1. The van der Waals surface area contributed by atoms with Crippen LogP contribution in [-0.4, -0.2) is 22.6 Å². The summed E-state index contributed by atoms with van der Waals surface area (Å²) in [5, 5.41) is 12.6. The van der Waals surface area contributed by atoms with Crippen molar-refractivity contribution in [3.05, 3.63) is 53.2 Å². The predicted octanol–water partition coefficient (Wildman–Crippen LogP) is 2.81. The quantitative estimate of drug-likeness (QED) is 0.860. The van der Waals surface area contributed by atoms with E-state index in [1.807, 2.05) is 19.1 Å². The van der Waals surface area contributed by atoms with E-state index in [0.29, 0.717) is 18.3 Å². The highest BCUT2D eigenvalue weighted by Gasteiger charge is 2.22. The number of hydrogen-bond donors (Lipinski definition) is 2. The van der Waals surface area contributed by atoms with Crippen molar-refractivity contribution < 1.29 is 14.6 Å². The van der Waals surface area contributed by atoms with Gasteiger partial charge in [-0.3, -0.25) is 4.79 Å². The summed E-state index contributed by atoms with van der Waals surface area (Å²) in [6.45, 7) is 2.94. The topological polar surface area (TPSA) is 71.5 Å². The fourth-order valence-corrected chi connectivity index (χ4v) is 2.20. The van der Waals surface area contributed by atoms with Crippen LogP contribution < -0.4 is 10.1 Å². The van der Waals surface area contributed by atoms with Crippen molar-refractivity contribution in [3.63, 3.8) is 0 Å². The van der Waals surface area contributed by atoms with Crippen LogP contribution in [0, 0.1) is 12.8 Å². The first-order valence-corrected chi connectivity index (χ1v) is 7.77. The molecule has 3 rings (SSSR count). The van der Waals surface area contributed by atoms with E-state index in [9.17, 15) is 9.90 Å². The molecule has 0 saturated heterocycles. The number of amides is 1. The average Bonchev–Trinajstić information content (AvgIpc) is 3.36. The Morgan fingerprint density at radius 1 is 1.35 bits per heavy atom. The van der Waals surface area contributed by atoms with Gasteiger partial charge >= 0.3 is 0 Å². The SMILES string of the molecule is Cc1ccc(C(=O)NCc2ccc(OCC3CC3)nc2)c(O)c1. The van der Waals surface area contributed by atoms with E-state index < -0.39 is 0 Å². The number of rotatable bonds is 6. The summed E-state index contributed by atoms with van der Waals surface area (Å²) in [6.07, 6.45) is 4.18. The van der Waals surface area contributed by atoms with Crippen LogP contribution >= 0.6 is 0 Å². The van der Waals surface area contributed by atoms with Gasteiger partial charge in [-0.05, 0) is 48.9 Å². The molecule has 1 aliphatic carbocycles. The lowest BCUT2D eigenvalue weighted by molar-refractivity contribution is 0.0948. The molecule has 2 aromatic rings.